The molecule has 2 aromatic rings. The van der Waals surface area contributed by atoms with E-state index >= 15 is 0 Å². The molecule has 2 rings (SSSR count). The first-order chi connectivity index (χ1) is 8.27. The summed E-state index contributed by atoms with van der Waals surface area (Å²) in [6.45, 7) is 8.01. The Balaban J connectivity index is 2.39. The molecule has 5 nitrogen and oxygen atoms in total. The summed E-state index contributed by atoms with van der Waals surface area (Å²) >= 11 is 1.44. The summed E-state index contributed by atoms with van der Waals surface area (Å²) < 4.78 is 6.15. The van der Waals surface area contributed by atoms with Crippen LogP contribution in [-0.2, 0) is 6.54 Å². The molecule has 0 aliphatic rings. The molecule has 1 atom stereocenters. The summed E-state index contributed by atoms with van der Waals surface area (Å²) in [6, 6.07) is 0.0925. The van der Waals surface area contributed by atoms with Crippen LogP contribution in [0.3, 0.4) is 0 Å². The second kappa shape index (κ2) is 5.37. The summed E-state index contributed by atoms with van der Waals surface area (Å²) in [5, 5.41) is 7.53. The first kappa shape index (κ1) is 12.2. The van der Waals surface area contributed by atoms with Gasteiger partial charge in [-0.25, -0.2) is 4.98 Å². The van der Waals surface area contributed by atoms with Gasteiger partial charge in [-0.3, -0.25) is 0 Å². The Morgan fingerprint density at radius 1 is 1.47 bits per heavy atom. The molecule has 6 heteroatoms. The summed E-state index contributed by atoms with van der Waals surface area (Å²) in [6.07, 6.45) is 3.84. The van der Waals surface area contributed by atoms with Gasteiger partial charge in [-0.1, -0.05) is 11.4 Å². The van der Waals surface area contributed by atoms with E-state index in [-0.39, 0.29) is 6.04 Å². The van der Waals surface area contributed by atoms with Crippen LogP contribution in [0.5, 0.6) is 0 Å². The summed E-state index contributed by atoms with van der Waals surface area (Å²) in [5.41, 5.74) is 0.978. The Bertz CT molecular complexity index is 476. The topological polar surface area (TPSA) is 55.6 Å². The number of hydrogen-bond acceptors (Lipinski definition) is 5. The molecule has 0 amide bonds. The zero-order valence-corrected chi connectivity index (χ0v) is 11.2. The lowest BCUT2D eigenvalue weighted by Gasteiger charge is -2.17. The molecule has 0 radical (unpaired) electrons. The fourth-order valence-electron chi connectivity index (χ4n) is 1.86. The minimum Gasteiger partial charge on any atom is -0.334 e. The molecule has 17 heavy (non-hydrogen) atoms. The highest BCUT2D eigenvalue weighted by Crippen LogP contribution is 2.25. The number of imidazole rings is 1. The molecule has 0 bridgehead atoms. The van der Waals surface area contributed by atoms with Gasteiger partial charge in [0, 0.05) is 18.9 Å². The molecular weight excluding hydrogens is 234 g/mol. The van der Waals surface area contributed by atoms with Crippen molar-refractivity contribution < 1.29 is 0 Å². The number of hydrogen-bond donors (Lipinski definition) is 1. The van der Waals surface area contributed by atoms with Crippen molar-refractivity contribution in [3.8, 4) is 0 Å². The van der Waals surface area contributed by atoms with E-state index < -0.39 is 0 Å². The lowest BCUT2D eigenvalue weighted by molar-refractivity contribution is 0.563. The highest BCUT2D eigenvalue weighted by atomic mass is 32.1. The zero-order valence-electron chi connectivity index (χ0n) is 10.3. The predicted octanol–water partition coefficient (Wildman–Crippen LogP) is 1.76. The predicted molar refractivity (Wildman–Crippen MR) is 68.1 cm³/mol. The molecule has 0 saturated carbocycles. The van der Waals surface area contributed by atoms with Gasteiger partial charge in [-0.15, -0.1) is 5.10 Å². The molecule has 0 fully saturated rings. The molecule has 0 spiro atoms. The van der Waals surface area contributed by atoms with Gasteiger partial charge in [0.1, 0.15) is 11.9 Å². The average molecular weight is 251 g/mol. The minimum absolute atomic E-state index is 0.0925. The third-order valence-electron chi connectivity index (χ3n) is 2.70. The van der Waals surface area contributed by atoms with Gasteiger partial charge in [0.05, 0.1) is 10.6 Å². The van der Waals surface area contributed by atoms with E-state index in [1.165, 1.54) is 11.5 Å². The van der Waals surface area contributed by atoms with Crippen LogP contribution in [0.25, 0.3) is 0 Å². The van der Waals surface area contributed by atoms with Crippen LogP contribution in [0.15, 0.2) is 12.4 Å². The Morgan fingerprint density at radius 2 is 2.29 bits per heavy atom. The van der Waals surface area contributed by atoms with Crippen LogP contribution in [0.4, 0.5) is 0 Å². The van der Waals surface area contributed by atoms with E-state index in [0.29, 0.717) is 0 Å². The van der Waals surface area contributed by atoms with Gasteiger partial charge in [0.25, 0.3) is 0 Å². The smallest absolute Gasteiger partial charge is 0.131 e. The van der Waals surface area contributed by atoms with Crippen molar-refractivity contribution in [2.45, 2.75) is 33.4 Å². The SMILES string of the molecule is CCNC(c1snnc1C)c1nccn1CC. The lowest BCUT2D eigenvalue weighted by Crippen LogP contribution is -2.25. The Morgan fingerprint density at radius 3 is 2.88 bits per heavy atom. The van der Waals surface area contributed by atoms with Gasteiger partial charge in [0.2, 0.25) is 0 Å². The van der Waals surface area contributed by atoms with E-state index in [4.69, 9.17) is 0 Å². The van der Waals surface area contributed by atoms with Crippen LogP contribution in [0.1, 0.15) is 36.3 Å². The van der Waals surface area contributed by atoms with Gasteiger partial charge < -0.3 is 9.88 Å². The standard InChI is InChI=1S/C11H17N5S/c1-4-12-9(10-8(3)14-15-17-10)11-13-6-7-16(11)5-2/h6-7,9,12H,4-5H2,1-3H3. The molecule has 1 N–H and O–H groups in total. The van der Waals surface area contributed by atoms with E-state index in [9.17, 15) is 0 Å². The van der Waals surface area contributed by atoms with Crippen molar-refractivity contribution in [2.24, 2.45) is 0 Å². The number of rotatable bonds is 5. The fourth-order valence-corrected chi connectivity index (χ4v) is 2.57. The van der Waals surface area contributed by atoms with Gasteiger partial charge in [-0.2, -0.15) is 0 Å². The van der Waals surface area contributed by atoms with E-state index in [2.05, 4.69) is 38.3 Å². The van der Waals surface area contributed by atoms with E-state index in [1.54, 1.807) is 0 Å². The van der Waals surface area contributed by atoms with Crippen molar-refractivity contribution in [3.63, 3.8) is 0 Å². The highest BCUT2D eigenvalue weighted by Gasteiger charge is 2.22. The zero-order chi connectivity index (χ0) is 12.3. The van der Waals surface area contributed by atoms with Crippen molar-refractivity contribution in [1.29, 1.82) is 0 Å². The monoisotopic (exact) mass is 251 g/mol. The summed E-state index contributed by atoms with van der Waals surface area (Å²) in [4.78, 5) is 5.60. The van der Waals surface area contributed by atoms with E-state index in [0.717, 1.165) is 29.5 Å². The third kappa shape index (κ3) is 2.37. The molecule has 0 aliphatic heterocycles. The Kier molecular flexibility index (Phi) is 3.86. The fraction of sp³-hybridized carbons (Fsp3) is 0.545. The highest BCUT2D eigenvalue weighted by molar-refractivity contribution is 7.05. The number of aromatic nitrogens is 4. The van der Waals surface area contributed by atoms with Crippen molar-refractivity contribution >= 4 is 11.5 Å². The molecule has 0 aromatic carbocycles. The van der Waals surface area contributed by atoms with Crippen LogP contribution < -0.4 is 5.32 Å². The van der Waals surface area contributed by atoms with Gasteiger partial charge in [-0.05, 0) is 31.9 Å². The summed E-state index contributed by atoms with van der Waals surface area (Å²) in [7, 11) is 0. The molecule has 2 heterocycles. The second-order valence-electron chi connectivity index (χ2n) is 3.78. The Hall–Kier alpha value is -1.27. The molecule has 0 aliphatic carbocycles. The first-order valence-corrected chi connectivity index (χ1v) is 6.58. The van der Waals surface area contributed by atoms with Crippen LogP contribution in [0, 0.1) is 6.92 Å². The second-order valence-corrected chi connectivity index (χ2v) is 4.57. The van der Waals surface area contributed by atoms with Crippen LogP contribution in [0.2, 0.25) is 0 Å². The number of aryl methyl sites for hydroxylation is 2. The van der Waals surface area contributed by atoms with Crippen molar-refractivity contribution in [2.75, 3.05) is 6.54 Å². The molecule has 92 valence electrons. The average Bonchev–Trinajstić information content (AvgIpc) is 2.94. The Labute approximate surface area is 105 Å². The maximum Gasteiger partial charge on any atom is 0.131 e. The quantitative estimate of drug-likeness (QED) is 0.880. The van der Waals surface area contributed by atoms with Gasteiger partial charge >= 0.3 is 0 Å². The normalized spacial score (nSPS) is 12.9. The minimum atomic E-state index is 0.0925. The van der Waals surface area contributed by atoms with Crippen LogP contribution >= 0.6 is 11.5 Å². The maximum absolute atomic E-state index is 4.45. The molecular formula is C11H17N5S. The number of nitrogens with one attached hydrogen (secondary N) is 1. The third-order valence-corrected chi connectivity index (χ3v) is 3.59. The molecule has 2 aromatic heterocycles. The van der Waals surface area contributed by atoms with Gasteiger partial charge in [0.15, 0.2) is 0 Å². The maximum atomic E-state index is 4.45. The largest absolute Gasteiger partial charge is 0.334 e. The summed E-state index contributed by atoms with van der Waals surface area (Å²) in [5.74, 6) is 1.03. The molecule has 0 saturated heterocycles. The van der Waals surface area contributed by atoms with E-state index in [1.807, 2.05) is 19.3 Å². The van der Waals surface area contributed by atoms with Crippen molar-refractivity contribution in [1.82, 2.24) is 24.5 Å². The number of nitrogens with zero attached hydrogens (tertiary/aromatic N) is 4. The lowest BCUT2D eigenvalue weighted by atomic mass is 10.2. The first-order valence-electron chi connectivity index (χ1n) is 5.81. The van der Waals surface area contributed by atoms with Crippen LogP contribution in [-0.4, -0.2) is 25.7 Å². The molecule has 1 unspecified atom stereocenters. The van der Waals surface area contributed by atoms with Crippen molar-refractivity contribution in [3.05, 3.63) is 28.8 Å².